The van der Waals surface area contributed by atoms with Gasteiger partial charge in [0.25, 0.3) is 0 Å². The minimum Gasteiger partial charge on any atom is -0.493 e. The van der Waals surface area contributed by atoms with Gasteiger partial charge < -0.3 is 10.1 Å². The summed E-state index contributed by atoms with van der Waals surface area (Å²) in [7, 11) is 0. The first-order valence-electron chi connectivity index (χ1n) is 6.18. The fraction of sp³-hybridized carbons (Fsp3) is 0.200. The number of hydrogen-bond donors (Lipinski definition) is 1. The molecule has 19 heavy (non-hydrogen) atoms. The normalized spacial score (nSPS) is 17.5. The van der Waals surface area contributed by atoms with Crippen molar-refractivity contribution in [1.82, 2.24) is 0 Å². The molecule has 0 amide bonds. The Morgan fingerprint density at radius 3 is 2.84 bits per heavy atom. The smallest absolute Gasteiger partial charge is 0.147 e. The predicted octanol–water partition coefficient (Wildman–Crippen LogP) is 4.41. The third-order valence-corrected chi connectivity index (χ3v) is 3.55. The van der Waals surface area contributed by atoms with Crippen LogP contribution < -0.4 is 10.1 Å². The molecule has 4 heteroatoms. The maximum absolute atomic E-state index is 13.8. The second kappa shape index (κ2) is 5.10. The number of benzene rings is 2. The number of anilines is 1. The van der Waals surface area contributed by atoms with E-state index in [1.807, 2.05) is 24.3 Å². The molecular weight excluding hydrogens is 265 g/mol. The Morgan fingerprint density at radius 1 is 1.16 bits per heavy atom. The first-order valence-corrected chi connectivity index (χ1v) is 6.56. The number of hydrogen-bond acceptors (Lipinski definition) is 2. The molecule has 0 spiro atoms. The van der Waals surface area contributed by atoms with Crippen LogP contribution in [-0.2, 0) is 0 Å². The number of para-hydroxylation sites is 2. The molecule has 1 atom stereocenters. The molecule has 98 valence electrons. The lowest BCUT2D eigenvalue weighted by atomic mass is 10.0. The van der Waals surface area contributed by atoms with Gasteiger partial charge in [-0.2, -0.15) is 0 Å². The summed E-state index contributed by atoms with van der Waals surface area (Å²) in [5, 5.41) is 3.58. The Morgan fingerprint density at radius 2 is 2.00 bits per heavy atom. The quantitative estimate of drug-likeness (QED) is 0.878. The lowest BCUT2D eigenvalue weighted by molar-refractivity contribution is 0.274. The molecule has 0 fully saturated rings. The van der Waals surface area contributed by atoms with Gasteiger partial charge in [-0.15, -0.1) is 0 Å². The number of rotatable bonds is 2. The Bertz CT molecular complexity index is 582. The van der Waals surface area contributed by atoms with E-state index in [0.29, 0.717) is 17.3 Å². The molecule has 0 radical (unpaired) electrons. The van der Waals surface area contributed by atoms with E-state index in [1.165, 1.54) is 6.07 Å². The summed E-state index contributed by atoms with van der Waals surface area (Å²) in [5.74, 6) is 0.509. The van der Waals surface area contributed by atoms with Crippen molar-refractivity contribution in [2.75, 3.05) is 11.9 Å². The largest absolute Gasteiger partial charge is 0.493 e. The van der Waals surface area contributed by atoms with Crippen LogP contribution in [0.1, 0.15) is 18.0 Å². The highest BCUT2D eigenvalue weighted by molar-refractivity contribution is 6.33. The highest BCUT2D eigenvalue weighted by Crippen LogP contribution is 2.36. The van der Waals surface area contributed by atoms with Crippen molar-refractivity contribution in [2.45, 2.75) is 12.5 Å². The molecule has 0 bridgehead atoms. The third-order valence-electron chi connectivity index (χ3n) is 3.24. The van der Waals surface area contributed by atoms with Gasteiger partial charge in [-0.3, -0.25) is 0 Å². The molecule has 2 aromatic rings. The van der Waals surface area contributed by atoms with Gasteiger partial charge in [-0.1, -0.05) is 35.9 Å². The van der Waals surface area contributed by atoms with Crippen LogP contribution in [0.15, 0.2) is 42.5 Å². The van der Waals surface area contributed by atoms with E-state index in [2.05, 4.69) is 5.32 Å². The lowest BCUT2D eigenvalue weighted by Crippen LogP contribution is -2.20. The second-order valence-corrected chi connectivity index (χ2v) is 4.88. The van der Waals surface area contributed by atoms with Crippen LogP contribution in [0.4, 0.5) is 10.1 Å². The summed E-state index contributed by atoms with van der Waals surface area (Å²) in [4.78, 5) is 0. The van der Waals surface area contributed by atoms with E-state index in [9.17, 15) is 4.39 Å². The Balaban J connectivity index is 1.93. The highest BCUT2D eigenvalue weighted by atomic mass is 35.5. The maximum atomic E-state index is 13.8. The summed E-state index contributed by atoms with van der Waals surface area (Å²) in [6.07, 6.45) is 0.779. The predicted molar refractivity (Wildman–Crippen MR) is 74.3 cm³/mol. The molecule has 1 unspecified atom stereocenters. The molecule has 1 aliphatic heterocycles. The first-order chi connectivity index (χ1) is 9.25. The topological polar surface area (TPSA) is 21.3 Å². The van der Waals surface area contributed by atoms with Crippen molar-refractivity contribution in [2.24, 2.45) is 0 Å². The van der Waals surface area contributed by atoms with Crippen LogP contribution in [0.25, 0.3) is 0 Å². The zero-order chi connectivity index (χ0) is 13.2. The van der Waals surface area contributed by atoms with Crippen molar-refractivity contribution >= 4 is 17.3 Å². The number of nitrogens with one attached hydrogen (secondary N) is 1. The molecule has 1 aliphatic rings. The molecule has 3 rings (SSSR count). The van der Waals surface area contributed by atoms with Crippen LogP contribution in [0.3, 0.4) is 0 Å². The van der Waals surface area contributed by atoms with Gasteiger partial charge in [0, 0.05) is 12.0 Å². The maximum Gasteiger partial charge on any atom is 0.147 e. The standard InChI is InChI=1S/C15H13ClFNO/c16-11-5-3-6-12(17)15(11)18-13-8-9-19-14-7-2-1-4-10(13)14/h1-7,13,18H,8-9H2. The molecule has 0 aliphatic carbocycles. The van der Waals surface area contributed by atoms with Gasteiger partial charge >= 0.3 is 0 Å². The number of fused-ring (bicyclic) bond motifs is 1. The molecule has 2 aromatic carbocycles. The fourth-order valence-electron chi connectivity index (χ4n) is 2.30. The molecule has 0 saturated carbocycles. The van der Waals surface area contributed by atoms with Gasteiger partial charge in [0.1, 0.15) is 11.6 Å². The lowest BCUT2D eigenvalue weighted by Gasteiger charge is -2.27. The van der Waals surface area contributed by atoms with Gasteiger partial charge in [-0.25, -0.2) is 4.39 Å². The van der Waals surface area contributed by atoms with Crippen molar-refractivity contribution in [3.8, 4) is 5.75 Å². The molecule has 1 N–H and O–H groups in total. The first kappa shape index (κ1) is 12.3. The third kappa shape index (κ3) is 2.38. The van der Waals surface area contributed by atoms with Crippen molar-refractivity contribution in [1.29, 1.82) is 0 Å². The minimum absolute atomic E-state index is 0.0133. The zero-order valence-corrected chi connectivity index (χ0v) is 11.0. The Labute approximate surface area is 116 Å². The molecule has 2 nitrogen and oxygen atoms in total. The van der Waals surface area contributed by atoms with Crippen molar-refractivity contribution < 1.29 is 9.13 Å². The van der Waals surface area contributed by atoms with Crippen molar-refractivity contribution in [3.05, 3.63) is 58.9 Å². The van der Waals surface area contributed by atoms with E-state index >= 15 is 0 Å². The number of ether oxygens (including phenoxy) is 1. The van der Waals surface area contributed by atoms with Gasteiger partial charge in [0.2, 0.25) is 0 Å². The summed E-state index contributed by atoms with van der Waals surface area (Å²) >= 11 is 6.04. The monoisotopic (exact) mass is 277 g/mol. The SMILES string of the molecule is Fc1cccc(Cl)c1NC1CCOc2ccccc21. The van der Waals surface area contributed by atoms with Crippen molar-refractivity contribution in [3.63, 3.8) is 0 Å². The summed E-state index contributed by atoms with van der Waals surface area (Å²) in [6.45, 7) is 0.612. The van der Waals surface area contributed by atoms with E-state index in [0.717, 1.165) is 17.7 Å². The molecular formula is C15H13ClFNO. The Kier molecular flexibility index (Phi) is 3.30. The average Bonchev–Trinajstić information content (AvgIpc) is 2.43. The van der Waals surface area contributed by atoms with Crippen LogP contribution in [0, 0.1) is 5.82 Å². The minimum atomic E-state index is -0.337. The van der Waals surface area contributed by atoms with E-state index in [4.69, 9.17) is 16.3 Å². The van der Waals surface area contributed by atoms with Gasteiger partial charge in [0.15, 0.2) is 0 Å². The van der Waals surface area contributed by atoms with E-state index in [1.54, 1.807) is 12.1 Å². The molecule has 0 aromatic heterocycles. The summed E-state index contributed by atoms with van der Waals surface area (Å²) in [5.41, 5.74) is 1.39. The Hall–Kier alpha value is -1.74. The van der Waals surface area contributed by atoms with Crippen LogP contribution >= 0.6 is 11.6 Å². The number of halogens is 2. The summed E-state index contributed by atoms with van der Waals surface area (Å²) < 4.78 is 19.4. The molecule has 1 heterocycles. The van der Waals surface area contributed by atoms with E-state index in [-0.39, 0.29) is 11.9 Å². The average molecular weight is 278 g/mol. The van der Waals surface area contributed by atoms with Gasteiger partial charge in [0.05, 0.1) is 23.4 Å². The second-order valence-electron chi connectivity index (χ2n) is 4.47. The fourth-order valence-corrected chi connectivity index (χ4v) is 2.52. The van der Waals surface area contributed by atoms with Gasteiger partial charge in [-0.05, 0) is 18.2 Å². The highest BCUT2D eigenvalue weighted by Gasteiger charge is 2.22. The molecule has 0 saturated heterocycles. The van der Waals surface area contributed by atoms with Crippen LogP contribution in [-0.4, -0.2) is 6.61 Å². The summed E-state index contributed by atoms with van der Waals surface area (Å²) in [6, 6.07) is 12.5. The van der Waals surface area contributed by atoms with E-state index < -0.39 is 0 Å². The van der Waals surface area contributed by atoms with Crippen LogP contribution in [0.5, 0.6) is 5.75 Å². The van der Waals surface area contributed by atoms with Crippen LogP contribution in [0.2, 0.25) is 5.02 Å². The zero-order valence-electron chi connectivity index (χ0n) is 10.2.